The average Bonchev–Trinajstić information content (AvgIpc) is 2.65. The summed E-state index contributed by atoms with van der Waals surface area (Å²) in [4.78, 5) is 9.53. The molecule has 0 fully saturated rings. The van der Waals surface area contributed by atoms with Crippen LogP contribution in [0.3, 0.4) is 0 Å². The van der Waals surface area contributed by atoms with Crippen LogP contribution < -0.4 is 9.64 Å². The molecule has 0 aliphatic heterocycles. The fraction of sp³-hybridized carbons (Fsp3) is 0.200. The number of anilines is 2. The van der Waals surface area contributed by atoms with Crippen LogP contribution in [0, 0.1) is 6.92 Å². The van der Waals surface area contributed by atoms with E-state index >= 15 is 0 Å². The number of hydrogen-bond donors (Lipinski definition) is 0. The highest BCUT2D eigenvalue weighted by Gasteiger charge is 2.36. The second kappa shape index (κ2) is 7.65. The topological polar surface area (TPSA) is 38.2 Å². The van der Waals surface area contributed by atoms with E-state index in [4.69, 9.17) is 4.74 Å². The molecule has 0 unspecified atom stereocenters. The van der Waals surface area contributed by atoms with E-state index in [1.165, 1.54) is 0 Å². The minimum absolute atomic E-state index is 0.0193. The molecule has 0 spiro atoms. The van der Waals surface area contributed by atoms with Gasteiger partial charge >= 0.3 is 6.18 Å². The largest absolute Gasteiger partial charge is 0.472 e. The molecule has 0 atom stereocenters. The Bertz CT molecular complexity index is 914. The summed E-state index contributed by atoms with van der Waals surface area (Å²) in [5.74, 6) is -0.368. The summed E-state index contributed by atoms with van der Waals surface area (Å²) >= 11 is 0. The molecule has 1 heterocycles. The van der Waals surface area contributed by atoms with Crippen molar-refractivity contribution < 1.29 is 17.9 Å². The summed E-state index contributed by atoms with van der Waals surface area (Å²) < 4.78 is 45.3. The van der Waals surface area contributed by atoms with Gasteiger partial charge in [-0.05, 0) is 30.2 Å². The van der Waals surface area contributed by atoms with E-state index in [1.54, 1.807) is 36.2 Å². The van der Waals surface area contributed by atoms with Crippen LogP contribution in [0.4, 0.5) is 24.8 Å². The molecule has 0 aliphatic rings. The van der Waals surface area contributed by atoms with Gasteiger partial charge in [-0.25, -0.2) is 4.98 Å². The van der Waals surface area contributed by atoms with Crippen LogP contribution >= 0.6 is 0 Å². The summed E-state index contributed by atoms with van der Waals surface area (Å²) in [7, 11) is 1.69. The molecule has 7 heteroatoms. The second-order valence-corrected chi connectivity index (χ2v) is 6.06. The van der Waals surface area contributed by atoms with Crippen molar-refractivity contribution in [2.24, 2.45) is 0 Å². The Hall–Kier alpha value is -3.09. The van der Waals surface area contributed by atoms with Gasteiger partial charge in [0.1, 0.15) is 12.2 Å². The number of ether oxygens (including phenoxy) is 1. The van der Waals surface area contributed by atoms with E-state index in [1.807, 2.05) is 37.3 Å². The van der Waals surface area contributed by atoms with Crippen molar-refractivity contribution in [2.75, 3.05) is 11.9 Å². The Labute approximate surface area is 155 Å². The van der Waals surface area contributed by atoms with E-state index in [9.17, 15) is 13.2 Å². The summed E-state index contributed by atoms with van der Waals surface area (Å²) in [6.07, 6.45) is -3.85. The van der Waals surface area contributed by atoms with Gasteiger partial charge in [0, 0.05) is 18.9 Å². The first-order chi connectivity index (χ1) is 12.8. The number of halogens is 3. The number of alkyl halides is 3. The Kier molecular flexibility index (Phi) is 5.30. The number of aryl methyl sites for hydroxylation is 1. The lowest BCUT2D eigenvalue weighted by molar-refractivity contribution is -0.139. The zero-order valence-electron chi connectivity index (χ0n) is 14.9. The highest BCUT2D eigenvalue weighted by atomic mass is 19.4. The van der Waals surface area contributed by atoms with Gasteiger partial charge in [0.15, 0.2) is 0 Å². The number of aromatic nitrogens is 2. The summed E-state index contributed by atoms with van der Waals surface area (Å²) in [6, 6.07) is 16.5. The van der Waals surface area contributed by atoms with Gasteiger partial charge in [-0.2, -0.15) is 18.2 Å². The van der Waals surface area contributed by atoms with E-state index < -0.39 is 17.6 Å². The molecule has 0 N–H and O–H groups in total. The summed E-state index contributed by atoms with van der Waals surface area (Å²) in [5, 5.41) is 0. The van der Waals surface area contributed by atoms with Crippen molar-refractivity contribution in [2.45, 2.75) is 19.7 Å². The monoisotopic (exact) mass is 373 g/mol. The van der Waals surface area contributed by atoms with Crippen LogP contribution in [0.25, 0.3) is 0 Å². The van der Waals surface area contributed by atoms with Crippen LogP contribution in [0.2, 0.25) is 0 Å². The minimum atomic E-state index is -4.60. The van der Waals surface area contributed by atoms with Crippen molar-refractivity contribution >= 4 is 11.6 Å². The molecule has 2 aromatic carbocycles. The number of hydrogen-bond acceptors (Lipinski definition) is 4. The van der Waals surface area contributed by atoms with E-state index in [-0.39, 0.29) is 12.6 Å². The molecule has 0 bridgehead atoms. The van der Waals surface area contributed by atoms with E-state index in [2.05, 4.69) is 9.97 Å². The molecule has 0 amide bonds. The first-order valence-electron chi connectivity index (χ1n) is 8.26. The number of rotatable bonds is 5. The quantitative estimate of drug-likeness (QED) is 0.620. The van der Waals surface area contributed by atoms with Gasteiger partial charge in [-0.1, -0.05) is 42.5 Å². The first kappa shape index (κ1) is 18.7. The Morgan fingerprint density at radius 2 is 1.78 bits per heavy atom. The Morgan fingerprint density at radius 3 is 2.44 bits per heavy atom. The van der Waals surface area contributed by atoms with Gasteiger partial charge in [-0.15, -0.1) is 0 Å². The fourth-order valence-corrected chi connectivity index (χ4v) is 2.50. The molecule has 0 radical (unpaired) electrons. The van der Waals surface area contributed by atoms with Crippen molar-refractivity contribution in [1.29, 1.82) is 0 Å². The zero-order chi connectivity index (χ0) is 19.4. The molecule has 3 aromatic rings. The lowest BCUT2D eigenvalue weighted by Gasteiger charge is -2.20. The molecule has 4 nitrogen and oxygen atoms in total. The molecule has 140 valence electrons. The molecule has 3 rings (SSSR count). The maximum absolute atomic E-state index is 13.3. The molecular weight excluding hydrogens is 355 g/mol. The second-order valence-electron chi connectivity index (χ2n) is 6.06. The van der Waals surface area contributed by atoms with Crippen molar-refractivity contribution in [3.05, 3.63) is 77.5 Å². The van der Waals surface area contributed by atoms with Crippen LogP contribution in [0.5, 0.6) is 5.88 Å². The number of nitrogens with zero attached hydrogens (tertiary/aromatic N) is 3. The average molecular weight is 373 g/mol. The zero-order valence-corrected chi connectivity index (χ0v) is 14.9. The molecule has 0 saturated heterocycles. The summed E-state index contributed by atoms with van der Waals surface area (Å²) in [5.41, 5.74) is 1.54. The maximum Gasteiger partial charge on any atom is 0.423 e. The lowest BCUT2D eigenvalue weighted by Crippen LogP contribution is -2.17. The molecule has 27 heavy (non-hydrogen) atoms. The van der Waals surface area contributed by atoms with Gasteiger partial charge in [-0.3, -0.25) is 0 Å². The van der Waals surface area contributed by atoms with E-state index in [0.717, 1.165) is 23.0 Å². The SMILES string of the molecule is Cc1cccc(N(C)c2ncc(C(F)(F)F)c(OCc3ccccc3)n2)c1. The molecule has 0 saturated carbocycles. The minimum Gasteiger partial charge on any atom is -0.472 e. The molecular formula is C20H18F3N3O. The Morgan fingerprint density at radius 1 is 1.04 bits per heavy atom. The lowest BCUT2D eigenvalue weighted by atomic mass is 10.2. The van der Waals surface area contributed by atoms with Crippen molar-refractivity contribution in [3.63, 3.8) is 0 Å². The third-order valence-corrected chi connectivity index (χ3v) is 3.95. The van der Waals surface area contributed by atoms with Gasteiger partial charge in [0.05, 0.1) is 0 Å². The predicted molar refractivity (Wildman–Crippen MR) is 97.1 cm³/mol. The Balaban J connectivity index is 1.92. The van der Waals surface area contributed by atoms with Crippen LogP contribution in [-0.2, 0) is 12.8 Å². The maximum atomic E-state index is 13.3. The number of benzene rings is 2. The third kappa shape index (κ3) is 4.55. The third-order valence-electron chi connectivity index (χ3n) is 3.95. The van der Waals surface area contributed by atoms with Crippen molar-refractivity contribution in [3.8, 4) is 5.88 Å². The normalized spacial score (nSPS) is 11.3. The van der Waals surface area contributed by atoms with Gasteiger partial charge in [0.2, 0.25) is 11.8 Å². The molecule has 0 aliphatic carbocycles. The smallest absolute Gasteiger partial charge is 0.423 e. The first-order valence-corrected chi connectivity index (χ1v) is 8.26. The highest BCUT2D eigenvalue weighted by Crippen LogP contribution is 2.36. The van der Waals surface area contributed by atoms with Crippen LogP contribution in [-0.4, -0.2) is 17.0 Å². The fourth-order valence-electron chi connectivity index (χ4n) is 2.50. The van der Waals surface area contributed by atoms with Crippen LogP contribution in [0.15, 0.2) is 60.8 Å². The van der Waals surface area contributed by atoms with Crippen LogP contribution in [0.1, 0.15) is 16.7 Å². The van der Waals surface area contributed by atoms with Gasteiger partial charge < -0.3 is 9.64 Å². The molecule has 1 aromatic heterocycles. The van der Waals surface area contributed by atoms with E-state index in [0.29, 0.717) is 0 Å². The standard InChI is InChI=1S/C20H18F3N3O/c1-14-7-6-10-16(11-14)26(2)19-24-12-17(20(21,22)23)18(25-19)27-13-15-8-4-3-5-9-15/h3-12H,13H2,1-2H3. The predicted octanol–water partition coefficient (Wildman–Crippen LogP) is 5.15. The summed E-state index contributed by atoms with van der Waals surface area (Å²) in [6.45, 7) is 1.91. The van der Waals surface area contributed by atoms with Gasteiger partial charge in [0.25, 0.3) is 0 Å². The highest BCUT2D eigenvalue weighted by molar-refractivity contribution is 5.57. The van der Waals surface area contributed by atoms with Crippen molar-refractivity contribution in [1.82, 2.24) is 9.97 Å².